The van der Waals surface area contributed by atoms with Crippen LogP contribution in [0.1, 0.15) is 21.5 Å². The Morgan fingerprint density at radius 1 is 1.07 bits per heavy atom. The largest absolute Gasteiger partial charge is 0.393 e. The number of amides is 1. The van der Waals surface area contributed by atoms with Gasteiger partial charge in [0.2, 0.25) is 0 Å². The van der Waals surface area contributed by atoms with Crippen LogP contribution in [0.15, 0.2) is 59.3 Å². The topological polar surface area (TPSA) is 96.2 Å². The summed E-state index contributed by atoms with van der Waals surface area (Å²) < 4.78 is 0.706. The number of hydrogen-bond donors (Lipinski definition) is 3. The Labute approximate surface area is 171 Å². The fourth-order valence-electron chi connectivity index (χ4n) is 3.24. The van der Waals surface area contributed by atoms with Gasteiger partial charge >= 0.3 is 0 Å². The Kier molecular flexibility index (Phi) is 5.12. The first kappa shape index (κ1) is 18.2. The number of hydrogen-bond acceptors (Lipinski definition) is 6. The van der Waals surface area contributed by atoms with E-state index < -0.39 is 0 Å². The highest BCUT2D eigenvalue weighted by atomic mass is 79.9. The van der Waals surface area contributed by atoms with E-state index in [0.717, 1.165) is 19.5 Å². The summed E-state index contributed by atoms with van der Waals surface area (Å²) in [6.45, 7) is 1.56. The number of rotatable bonds is 4. The summed E-state index contributed by atoms with van der Waals surface area (Å²) >= 11 is 3.37. The number of nitrogen functional groups attached to an aromatic ring is 1. The summed E-state index contributed by atoms with van der Waals surface area (Å²) in [6.07, 6.45) is 2.38. The fraction of sp³-hybridized carbons (Fsp3) is 0.150. The average molecular weight is 439 g/mol. The molecule has 0 saturated heterocycles. The molecule has 1 aliphatic heterocycles. The maximum Gasteiger partial charge on any atom is 0.270 e. The molecule has 0 saturated carbocycles. The van der Waals surface area contributed by atoms with Crippen LogP contribution >= 0.6 is 15.9 Å². The van der Waals surface area contributed by atoms with Crippen molar-refractivity contribution < 1.29 is 4.79 Å². The van der Waals surface area contributed by atoms with Gasteiger partial charge in [0.05, 0.1) is 5.56 Å². The first-order chi connectivity index (χ1) is 13.6. The highest BCUT2D eigenvalue weighted by Gasteiger charge is 2.21. The van der Waals surface area contributed by atoms with Crippen molar-refractivity contribution >= 4 is 39.2 Å². The molecule has 2 aromatic carbocycles. The highest BCUT2D eigenvalue weighted by Crippen LogP contribution is 2.30. The molecule has 142 valence electrons. The number of anilines is 3. The third kappa shape index (κ3) is 3.63. The summed E-state index contributed by atoms with van der Waals surface area (Å²) in [7, 11) is 0. The fourth-order valence-corrected chi connectivity index (χ4v) is 3.71. The standard InChI is InChI=1S/C20H19BrN6O/c21-16-8-4-3-7-15(16)20(28)26-25-18-17(22)19(24-12-23-18)27-10-9-13-5-1-2-6-14(13)11-27/h1-8,12H,9-11,22H2,(H,26,28)(H,23,24,25). The lowest BCUT2D eigenvalue weighted by molar-refractivity contribution is 0.0961. The lowest BCUT2D eigenvalue weighted by Gasteiger charge is -2.30. The van der Waals surface area contributed by atoms with Gasteiger partial charge in [0, 0.05) is 17.6 Å². The van der Waals surface area contributed by atoms with Gasteiger partial charge in [-0.15, -0.1) is 0 Å². The van der Waals surface area contributed by atoms with Crippen molar-refractivity contribution in [3.8, 4) is 0 Å². The van der Waals surface area contributed by atoms with Gasteiger partial charge < -0.3 is 10.6 Å². The maximum absolute atomic E-state index is 12.4. The molecule has 1 amide bonds. The van der Waals surface area contributed by atoms with Crippen molar-refractivity contribution in [1.29, 1.82) is 0 Å². The van der Waals surface area contributed by atoms with Crippen molar-refractivity contribution in [2.24, 2.45) is 0 Å². The number of hydrazine groups is 1. The van der Waals surface area contributed by atoms with E-state index in [2.05, 4.69) is 59.8 Å². The van der Waals surface area contributed by atoms with Crippen molar-refractivity contribution in [1.82, 2.24) is 15.4 Å². The molecule has 2 heterocycles. The molecule has 0 aliphatic carbocycles. The summed E-state index contributed by atoms with van der Waals surface area (Å²) in [4.78, 5) is 23.0. The quantitative estimate of drug-likeness (QED) is 0.541. The number of carbonyl (C=O) groups excluding carboxylic acids is 1. The van der Waals surface area contributed by atoms with Gasteiger partial charge in [0.1, 0.15) is 12.0 Å². The van der Waals surface area contributed by atoms with E-state index in [-0.39, 0.29) is 5.91 Å². The summed E-state index contributed by atoms with van der Waals surface area (Å²) in [5, 5.41) is 0. The minimum atomic E-state index is -0.293. The Bertz CT molecular complexity index is 1030. The van der Waals surface area contributed by atoms with Crippen LogP contribution < -0.4 is 21.5 Å². The lowest BCUT2D eigenvalue weighted by Crippen LogP contribution is -2.33. The first-order valence-corrected chi connectivity index (χ1v) is 9.66. The smallest absolute Gasteiger partial charge is 0.270 e. The third-order valence-corrected chi connectivity index (χ3v) is 5.40. The number of nitrogens with one attached hydrogen (secondary N) is 2. The minimum absolute atomic E-state index is 0.293. The molecule has 4 rings (SSSR count). The molecule has 4 N–H and O–H groups in total. The van der Waals surface area contributed by atoms with Crippen LogP contribution in [-0.2, 0) is 13.0 Å². The highest BCUT2D eigenvalue weighted by molar-refractivity contribution is 9.10. The van der Waals surface area contributed by atoms with Crippen molar-refractivity contribution in [3.63, 3.8) is 0 Å². The van der Waals surface area contributed by atoms with Crippen LogP contribution in [0.25, 0.3) is 0 Å². The van der Waals surface area contributed by atoms with Gasteiger partial charge in [-0.3, -0.25) is 15.6 Å². The Morgan fingerprint density at radius 2 is 1.82 bits per heavy atom. The zero-order chi connectivity index (χ0) is 19.5. The molecule has 0 spiro atoms. The summed E-state index contributed by atoms with van der Waals surface area (Å²) in [5.41, 5.74) is 15.3. The third-order valence-electron chi connectivity index (χ3n) is 4.71. The van der Waals surface area contributed by atoms with Crippen molar-refractivity contribution in [2.45, 2.75) is 13.0 Å². The number of halogens is 1. The van der Waals surface area contributed by atoms with Crippen LogP contribution in [0.4, 0.5) is 17.3 Å². The van der Waals surface area contributed by atoms with Crippen LogP contribution in [0, 0.1) is 0 Å². The second-order valence-corrected chi connectivity index (χ2v) is 7.31. The van der Waals surface area contributed by atoms with Gasteiger partial charge in [0.25, 0.3) is 5.91 Å². The Balaban J connectivity index is 1.50. The predicted octanol–water partition coefficient (Wildman–Crippen LogP) is 3.14. The zero-order valence-electron chi connectivity index (χ0n) is 15.0. The Hall–Kier alpha value is -3.13. The second kappa shape index (κ2) is 7.85. The molecular weight excluding hydrogens is 420 g/mol. The summed E-state index contributed by atoms with van der Waals surface area (Å²) in [6, 6.07) is 15.5. The van der Waals surface area contributed by atoms with Crippen LogP contribution in [-0.4, -0.2) is 22.4 Å². The van der Waals surface area contributed by atoms with E-state index in [1.807, 2.05) is 12.1 Å². The molecule has 0 bridgehead atoms. The van der Waals surface area contributed by atoms with Crippen LogP contribution in [0.3, 0.4) is 0 Å². The Morgan fingerprint density at radius 3 is 2.64 bits per heavy atom. The van der Waals surface area contributed by atoms with Gasteiger partial charge in [-0.05, 0) is 45.6 Å². The minimum Gasteiger partial charge on any atom is -0.393 e. The van der Waals surface area contributed by atoms with Crippen LogP contribution in [0.2, 0.25) is 0 Å². The van der Waals surface area contributed by atoms with E-state index >= 15 is 0 Å². The normalized spacial score (nSPS) is 13.0. The molecule has 28 heavy (non-hydrogen) atoms. The summed E-state index contributed by atoms with van der Waals surface area (Å²) in [5.74, 6) is 0.727. The molecule has 1 aromatic heterocycles. The molecular formula is C20H19BrN6O. The molecule has 7 nitrogen and oxygen atoms in total. The van der Waals surface area contributed by atoms with Gasteiger partial charge in [-0.2, -0.15) is 0 Å². The van der Waals surface area contributed by atoms with E-state index in [0.29, 0.717) is 27.4 Å². The van der Waals surface area contributed by atoms with Crippen LogP contribution in [0.5, 0.6) is 0 Å². The first-order valence-electron chi connectivity index (χ1n) is 8.86. The predicted molar refractivity (Wildman–Crippen MR) is 113 cm³/mol. The molecule has 1 aliphatic rings. The number of nitrogens with zero attached hydrogens (tertiary/aromatic N) is 3. The molecule has 0 unspecified atom stereocenters. The lowest BCUT2D eigenvalue weighted by atomic mass is 10.00. The van der Waals surface area contributed by atoms with E-state index in [4.69, 9.17) is 5.73 Å². The number of aromatic nitrogens is 2. The molecule has 0 radical (unpaired) electrons. The van der Waals surface area contributed by atoms with Gasteiger partial charge in [-0.1, -0.05) is 36.4 Å². The number of carbonyl (C=O) groups is 1. The van der Waals surface area contributed by atoms with Gasteiger partial charge in [-0.25, -0.2) is 9.97 Å². The molecule has 0 atom stereocenters. The second-order valence-electron chi connectivity index (χ2n) is 6.46. The maximum atomic E-state index is 12.4. The van der Waals surface area contributed by atoms with E-state index in [9.17, 15) is 4.79 Å². The molecule has 0 fully saturated rings. The number of nitrogens with two attached hydrogens (primary N) is 1. The molecule has 8 heteroatoms. The van der Waals surface area contributed by atoms with E-state index in [1.54, 1.807) is 18.2 Å². The monoisotopic (exact) mass is 438 g/mol. The number of fused-ring (bicyclic) bond motifs is 1. The molecule has 3 aromatic rings. The van der Waals surface area contributed by atoms with Gasteiger partial charge in [0.15, 0.2) is 11.6 Å². The SMILES string of the molecule is Nc1c(NNC(=O)c2ccccc2Br)ncnc1N1CCc2ccccc2C1. The van der Waals surface area contributed by atoms with Crippen molar-refractivity contribution in [3.05, 3.63) is 76.0 Å². The van der Waals surface area contributed by atoms with E-state index in [1.165, 1.54) is 17.5 Å². The number of benzene rings is 2. The van der Waals surface area contributed by atoms with Crippen molar-refractivity contribution in [2.75, 3.05) is 22.6 Å². The average Bonchev–Trinajstić information content (AvgIpc) is 2.73. The zero-order valence-corrected chi connectivity index (χ0v) is 16.6.